The highest BCUT2D eigenvalue weighted by atomic mass is 35.5. The summed E-state index contributed by atoms with van der Waals surface area (Å²) in [6, 6.07) is 3.77. The lowest BCUT2D eigenvalue weighted by Crippen LogP contribution is -2.08. The summed E-state index contributed by atoms with van der Waals surface area (Å²) in [6.07, 6.45) is -3.54. The Labute approximate surface area is 132 Å². The Morgan fingerprint density at radius 2 is 2.05 bits per heavy atom. The number of thiocarbonyl (C=S) groups is 1. The number of aromatic nitrogens is 1. The largest absolute Gasteiger partial charge is 0.437 e. The van der Waals surface area contributed by atoms with Gasteiger partial charge in [-0.1, -0.05) is 11.6 Å². The summed E-state index contributed by atoms with van der Waals surface area (Å²) in [4.78, 5) is 6.95. The lowest BCUT2D eigenvalue weighted by molar-refractivity contribution is -0.138. The van der Waals surface area contributed by atoms with Crippen molar-refractivity contribution in [2.45, 2.75) is 6.18 Å². The third-order valence-electron chi connectivity index (χ3n) is 2.45. The van der Waals surface area contributed by atoms with Crippen molar-refractivity contribution < 1.29 is 22.3 Å². The van der Waals surface area contributed by atoms with Gasteiger partial charge in [0, 0.05) is 12.3 Å². The maximum atomic E-state index is 13.5. The van der Waals surface area contributed by atoms with Crippen LogP contribution in [0.3, 0.4) is 0 Å². The van der Waals surface area contributed by atoms with Crippen molar-refractivity contribution in [1.82, 2.24) is 4.98 Å². The highest BCUT2D eigenvalue weighted by Gasteiger charge is 2.35. The van der Waals surface area contributed by atoms with E-state index in [9.17, 15) is 17.6 Å². The summed E-state index contributed by atoms with van der Waals surface area (Å²) in [7, 11) is 0. The number of halogens is 5. The van der Waals surface area contributed by atoms with Crippen molar-refractivity contribution in [2.75, 3.05) is 0 Å². The van der Waals surface area contributed by atoms with Gasteiger partial charge >= 0.3 is 6.18 Å². The predicted octanol–water partition coefficient (Wildman–Crippen LogP) is 5.42. The summed E-state index contributed by atoms with van der Waals surface area (Å²) in [6.45, 7) is 0. The molecule has 0 aliphatic heterocycles. The minimum atomic E-state index is -4.66. The standard InChI is InChI=1S/C13H5ClF4N2OS/c14-8-4-9(15)10(20-6-22)5-11(8)21-12-7(13(16,17)18)2-1-3-19-12/h1-5H. The molecule has 1 aromatic heterocycles. The molecule has 2 rings (SSSR count). The van der Waals surface area contributed by atoms with Crippen molar-refractivity contribution in [2.24, 2.45) is 4.99 Å². The van der Waals surface area contributed by atoms with Crippen LogP contribution in [0.1, 0.15) is 5.56 Å². The number of rotatable bonds is 3. The van der Waals surface area contributed by atoms with Crippen molar-refractivity contribution >= 4 is 34.7 Å². The van der Waals surface area contributed by atoms with Gasteiger partial charge in [-0.05, 0) is 30.4 Å². The van der Waals surface area contributed by atoms with Crippen molar-refractivity contribution in [1.29, 1.82) is 0 Å². The Morgan fingerprint density at radius 3 is 2.68 bits per heavy atom. The Kier molecular flexibility index (Phi) is 4.75. The lowest BCUT2D eigenvalue weighted by Gasteiger charge is -2.13. The van der Waals surface area contributed by atoms with Crippen LogP contribution in [-0.4, -0.2) is 10.1 Å². The molecule has 0 saturated carbocycles. The van der Waals surface area contributed by atoms with Crippen molar-refractivity contribution in [3.05, 3.63) is 46.9 Å². The first-order valence-corrected chi connectivity index (χ1v) is 6.38. The van der Waals surface area contributed by atoms with E-state index < -0.39 is 23.4 Å². The van der Waals surface area contributed by atoms with Gasteiger partial charge in [0.15, 0.2) is 5.82 Å². The zero-order chi connectivity index (χ0) is 16.3. The number of nitrogens with zero attached hydrogens (tertiary/aromatic N) is 2. The second-order valence-electron chi connectivity index (χ2n) is 3.89. The van der Waals surface area contributed by atoms with Crippen molar-refractivity contribution in [3.63, 3.8) is 0 Å². The zero-order valence-corrected chi connectivity index (χ0v) is 12.1. The second kappa shape index (κ2) is 6.39. The van der Waals surface area contributed by atoms with Gasteiger partial charge in [0.25, 0.3) is 0 Å². The highest BCUT2D eigenvalue weighted by molar-refractivity contribution is 7.78. The van der Waals surface area contributed by atoms with E-state index in [1.165, 1.54) is 0 Å². The first kappa shape index (κ1) is 16.4. The highest BCUT2D eigenvalue weighted by Crippen LogP contribution is 2.39. The van der Waals surface area contributed by atoms with E-state index in [1.807, 2.05) is 5.16 Å². The average molecular weight is 349 g/mol. The van der Waals surface area contributed by atoms with E-state index in [0.29, 0.717) is 0 Å². The normalized spacial score (nSPS) is 11.0. The number of isothiocyanates is 1. The Hall–Kier alpha value is -2.02. The minimum Gasteiger partial charge on any atom is -0.437 e. The molecule has 1 aromatic carbocycles. The molecule has 0 radical (unpaired) electrons. The van der Waals surface area contributed by atoms with E-state index in [0.717, 1.165) is 30.5 Å². The molecule has 114 valence electrons. The molecule has 0 bridgehead atoms. The minimum absolute atomic E-state index is 0.236. The van der Waals surface area contributed by atoms with Gasteiger partial charge in [-0.3, -0.25) is 0 Å². The quantitative estimate of drug-likeness (QED) is 0.422. The summed E-state index contributed by atoms with van der Waals surface area (Å²) < 4.78 is 57.1. The molecule has 0 fully saturated rings. The Morgan fingerprint density at radius 1 is 1.32 bits per heavy atom. The zero-order valence-electron chi connectivity index (χ0n) is 10.5. The molecule has 0 unspecified atom stereocenters. The average Bonchev–Trinajstić information content (AvgIpc) is 2.43. The fraction of sp³-hybridized carbons (Fsp3) is 0.0769. The molecule has 3 nitrogen and oxygen atoms in total. The molecule has 2 aromatic rings. The molecule has 0 aliphatic carbocycles. The first-order chi connectivity index (χ1) is 10.3. The molecule has 0 N–H and O–H groups in total. The summed E-state index contributed by atoms with van der Waals surface area (Å²) >= 11 is 10.1. The fourth-order valence-electron chi connectivity index (χ4n) is 1.52. The number of ether oxygens (including phenoxy) is 1. The molecule has 0 amide bonds. The number of hydrogen-bond acceptors (Lipinski definition) is 4. The van der Waals surface area contributed by atoms with Gasteiger partial charge in [0.2, 0.25) is 5.88 Å². The third kappa shape index (κ3) is 3.59. The SMILES string of the molecule is Fc1cc(Cl)c(Oc2ncccc2C(F)(F)F)cc1N=C=S. The topological polar surface area (TPSA) is 34.5 Å². The lowest BCUT2D eigenvalue weighted by atomic mass is 10.2. The molecule has 0 saturated heterocycles. The van der Waals surface area contributed by atoms with Crippen LogP contribution in [0.5, 0.6) is 11.6 Å². The maximum Gasteiger partial charge on any atom is 0.421 e. The van der Waals surface area contributed by atoms with Crippen LogP contribution in [0.2, 0.25) is 5.02 Å². The molecular formula is C13H5ClF4N2OS. The number of aliphatic imine (C=N–C) groups is 1. The predicted molar refractivity (Wildman–Crippen MR) is 75.4 cm³/mol. The van der Waals surface area contributed by atoms with Gasteiger partial charge < -0.3 is 4.74 Å². The molecule has 0 aliphatic rings. The van der Waals surface area contributed by atoms with Crippen LogP contribution < -0.4 is 4.74 Å². The van der Waals surface area contributed by atoms with E-state index in [4.69, 9.17) is 16.3 Å². The van der Waals surface area contributed by atoms with Gasteiger partial charge in [0.1, 0.15) is 17.0 Å². The summed E-state index contributed by atoms with van der Waals surface area (Å²) in [5, 5.41) is 1.71. The molecule has 22 heavy (non-hydrogen) atoms. The molecule has 0 spiro atoms. The first-order valence-electron chi connectivity index (χ1n) is 5.60. The van der Waals surface area contributed by atoms with Crippen LogP contribution in [-0.2, 0) is 6.18 Å². The number of alkyl halides is 3. The monoisotopic (exact) mass is 348 g/mol. The molecular weight excluding hydrogens is 344 g/mol. The van der Waals surface area contributed by atoms with E-state index >= 15 is 0 Å². The van der Waals surface area contributed by atoms with E-state index in [-0.39, 0.29) is 16.5 Å². The second-order valence-corrected chi connectivity index (χ2v) is 4.48. The summed E-state index contributed by atoms with van der Waals surface area (Å²) in [5.74, 6) is -1.76. The van der Waals surface area contributed by atoms with Crippen LogP contribution >= 0.6 is 23.8 Å². The van der Waals surface area contributed by atoms with Gasteiger partial charge in [-0.15, -0.1) is 0 Å². The van der Waals surface area contributed by atoms with Crippen molar-refractivity contribution in [3.8, 4) is 11.6 Å². The van der Waals surface area contributed by atoms with Crippen LogP contribution in [0.15, 0.2) is 35.5 Å². The third-order valence-corrected chi connectivity index (χ3v) is 2.84. The number of pyridine rings is 1. The number of benzene rings is 1. The van der Waals surface area contributed by atoms with Crippen LogP contribution in [0, 0.1) is 5.82 Å². The molecule has 1 heterocycles. The van der Waals surface area contributed by atoms with E-state index in [2.05, 4.69) is 22.2 Å². The van der Waals surface area contributed by atoms with Gasteiger partial charge in [-0.2, -0.15) is 18.2 Å². The Bertz CT molecular complexity index is 760. The smallest absolute Gasteiger partial charge is 0.421 e. The molecule has 0 atom stereocenters. The van der Waals surface area contributed by atoms with Crippen LogP contribution in [0.25, 0.3) is 0 Å². The fourth-order valence-corrected chi connectivity index (χ4v) is 1.81. The van der Waals surface area contributed by atoms with Gasteiger partial charge in [-0.25, -0.2) is 9.37 Å². The van der Waals surface area contributed by atoms with Gasteiger partial charge in [0.05, 0.1) is 10.2 Å². The number of hydrogen-bond donors (Lipinski definition) is 0. The molecule has 9 heteroatoms. The Balaban J connectivity index is 2.48. The summed E-state index contributed by atoms with van der Waals surface area (Å²) in [5.41, 5.74) is -1.35. The maximum absolute atomic E-state index is 13.5. The van der Waals surface area contributed by atoms with E-state index in [1.54, 1.807) is 0 Å². The van der Waals surface area contributed by atoms with Crippen LogP contribution in [0.4, 0.5) is 23.2 Å².